The van der Waals surface area contributed by atoms with Crippen molar-refractivity contribution >= 4 is 23.5 Å². The summed E-state index contributed by atoms with van der Waals surface area (Å²) in [4.78, 5) is 41.9. The summed E-state index contributed by atoms with van der Waals surface area (Å²) in [5.74, 6) is -0.143. The zero-order chi connectivity index (χ0) is 25.3. The molecule has 0 saturated carbocycles. The summed E-state index contributed by atoms with van der Waals surface area (Å²) in [6.07, 6.45) is 5.56. The second-order valence-corrected chi connectivity index (χ2v) is 7.66. The summed E-state index contributed by atoms with van der Waals surface area (Å²) in [7, 11) is 0. The van der Waals surface area contributed by atoms with E-state index in [1.807, 2.05) is 6.92 Å². The first-order valence-corrected chi connectivity index (χ1v) is 11.4. The molecule has 4 aliphatic rings. The van der Waals surface area contributed by atoms with E-state index < -0.39 is 0 Å². The molecule has 34 heavy (non-hydrogen) atoms. The second kappa shape index (κ2) is 17.1. The fraction of sp³-hybridized carbons (Fsp3) is 0.667. The summed E-state index contributed by atoms with van der Waals surface area (Å²) in [6, 6.07) is 0. The van der Waals surface area contributed by atoms with E-state index in [1.165, 1.54) is 6.08 Å². The van der Waals surface area contributed by atoms with Gasteiger partial charge >= 0.3 is 11.9 Å². The highest BCUT2D eigenvalue weighted by Crippen LogP contribution is 2.14. The van der Waals surface area contributed by atoms with Crippen molar-refractivity contribution in [1.29, 1.82) is 0 Å². The van der Waals surface area contributed by atoms with E-state index in [4.69, 9.17) is 23.7 Å². The molecule has 0 amide bonds. The number of carbonyl (C=O) groups excluding carboxylic acids is 4. The second-order valence-electron chi connectivity index (χ2n) is 7.66. The molecule has 4 atom stereocenters. The molecule has 0 aromatic carbocycles. The molecular formula is C24H36O10. The lowest BCUT2D eigenvalue weighted by atomic mass is 10.2. The van der Waals surface area contributed by atoms with E-state index in [2.05, 4.69) is 17.9 Å². The third kappa shape index (κ3) is 19.1. The van der Waals surface area contributed by atoms with Crippen LogP contribution in [0.25, 0.3) is 0 Å². The maximum Gasteiger partial charge on any atom is 0.330 e. The quantitative estimate of drug-likeness (QED) is 0.229. The topological polar surface area (TPSA) is 137 Å². The Morgan fingerprint density at radius 1 is 0.735 bits per heavy atom. The van der Waals surface area contributed by atoms with E-state index >= 15 is 0 Å². The molecule has 10 nitrogen and oxygen atoms in total. The average molecular weight is 485 g/mol. The molecular weight excluding hydrogens is 448 g/mol. The molecule has 10 heteroatoms. The van der Waals surface area contributed by atoms with Crippen molar-refractivity contribution in [3.8, 4) is 0 Å². The van der Waals surface area contributed by atoms with Gasteiger partial charge in [0.2, 0.25) is 0 Å². The monoisotopic (exact) mass is 484 g/mol. The number of allylic oxidation sites excluding steroid dienone is 1. The Bertz CT molecular complexity index is 673. The van der Waals surface area contributed by atoms with Crippen LogP contribution >= 0.6 is 0 Å². The summed E-state index contributed by atoms with van der Waals surface area (Å²) in [5.41, 5.74) is 0. The maximum atomic E-state index is 10.6. The predicted octanol–water partition coefficient (Wildman–Crippen LogP) is 1.74. The van der Waals surface area contributed by atoms with Crippen LogP contribution in [0.4, 0.5) is 0 Å². The fourth-order valence-electron chi connectivity index (χ4n) is 1.93. The zero-order valence-electron chi connectivity index (χ0n) is 20.0. The Labute approximate surface area is 200 Å². The van der Waals surface area contributed by atoms with Crippen molar-refractivity contribution < 1.29 is 47.6 Å². The Morgan fingerprint density at radius 3 is 1.59 bits per heavy atom. The van der Waals surface area contributed by atoms with Gasteiger partial charge in [-0.1, -0.05) is 27.0 Å². The molecule has 4 rings (SSSR count). The highest BCUT2D eigenvalue weighted by Gasteiger charge is 2.25. The number of esters is 2. The lowest BCUT2D eigenvalue weighted by molar-refractivity contribution is -0.143. The number of rotatable bonds is 12. The van der Waals surface area contributed by atoms with E-state index in [-0.39, 0.29) is 42.1 Å². The molecule has 4 aliphatic heterocycles. The largest absolute Gasteiger partial charge is 0.463 e. The molecule has 0 aliphatic carbocycles. The van der Waals surface area contributed by atoms with Gasteiger partial charge in [0.15, 0.2) is 5.78 Å². The maximum absolute atomic E-state index is 10.6. The highest BCUT2D eigenvalue weighted by molar-refractivity contribution is 5.89. The van der Waals surface area contributed by atoms with Crippen LogP contribution in [0.3, 0.4) is 0 Å². The van der Waals surface area contributed by atoms with Crippen molar-refractivity contribution in [2.24, 2.45) is 0 Å². The van der Waals surface area contributed by atoms with Crippen LogP contribution in [-0.4, -0.2) is 87.6 Å². The molecule has 4 fully saturated rings. The normalized spacial score (nSPS) is 24.1. The van der Waals surface area contributed by atoms with Gasteiger partial charge in [0.25, 0.3) is 0 Å². The fourth-order valence-corrected chi connectivity index (χ4v) is 1.93. The number of ether oxygens (including phenoxy) is 6. The lowest BCUT2D eigenvalue weighted by Gasteiger charge is -1.97. The molecule has 0 aromatic rings. The third-order valence-corrected chi connectivity index (χ3v) is 4.41. The molecule has 4 saturated heterocycles. The van der Waals surface area contributed by atoms with Gasteiger partial charge in [0, 0.05) is 31.8 Å². The molecule has 0 N–H and O–H groups in total. The van der Waals surface area contributed by atoms with E-state index in [9.17, 15) is 19.2 Å². The first kappa shape index (κ1) is 29.6. The smallest absolute Gasteiger partial charge is 0.330 e. The van der Waals surface area contributed by atoms with E-state index in [0.29, 0.717) is 51.3 Å². The van der Waals surface area contributed by atoms with E-state index in [1.54, 1.807) is 6.92 Å². The summed E-state index contributed by atoms with van der Waals surface area (Å²) < 4.78 is 28.7. The SMILES string of the molecule is C=CC(=O)CC1CO1.C=CC(=O)OCC1CO1.CCC(=O)CC1CO1.CCC(=O)OCC1CO1. The summed E-state index contributed by atoms with van der Waals surface area (Å²) in [5, 5.41) is 0. The van der Waals surface area contributed by atoms with Crippen LogP contribution in [0.1, 0.15) is 39.5 Å². The number of hydrogen-bond acceptors (Lipinski definition) is 10. The Kier molecular flexibility index (Phi) is 14.9. The summed E-state index contributed by atoms with van der Waals surface area (Å²) in [6.45, 7) is 14.0. The number of Topliss-reactive ketones (excluding diaryl/α,β-unsaturated/α-hetero) is 1. The molecule has 0 aromatic heterocycles. The van der Waals surface area contributed by atoms with Gasteiger partial charge in [-0.15, -0.1) is 0 Å². The molecule has 0 radical (unpaired) electrons. The zero-order valence-corrected chi connectivity index (χ0v) is 20.0. The van der Waals surface area contributed by atoms with Gasteiger partial charge in [0.1, 0.15) is 31.2 Å². The van der Waals surface area contributed by atoms with Gasteiger partial charge < -0.3 is 28.4 Å². The van der Waals surface area contributed by atoms with Crippen molar-refractivity contribution in [3.05, 3.63) is 25.3 Å². The average Bonchev–Trinajstić information content (AvgIpc) is 3.68. The van der Waals surface area contributed by atoms with Gasteiger partial charge in [-0.3, -0.25) is 14.4 Å². The lowest BCUT2D eigenvalue weighted by Crippen LogP contribution is -2.07. The van der Waals surface area contributed by atoms with Crippen LogP contribution in [0.5, 0.6) is 0 Å². The van der Waals surface area contributed by atoms with Gasteiger partial charge in [0.05, 0.1) is 38.6 Å². The predicted molar refractivity (Wildman–Crippen MR) is 121 cm³/mol. The molecule has 4 unspecified atom stereocenters. The number of hydrogen-bond donors (Lipinski definition) is 0. The molecule has 4 heterocycles. The van der Waals surface area contributed by atoms with Crippen molar-refractivity contribution in [2.75, 3.05) is 39.6 Å². The standard InChI is InChI=1S/C6H10O3.C6H8O3.C6H10O2.C6H8O2/c2*1-2-6(7)9-4-5-3-8-5;2*1-2-5(7)3-6-4-8-6/h5H,2-4H2,1H3;2,5H,1,3-4H2;6H,2-4H2,1H3;2,6H,1,3-4H2. The van der Waals surface area contributed by atoms with Crippen LogP contribution in [0.2, 0.25) is 0 Å². The minimum absolute atomic E-state index is 0.0764. The minimum atomic E-state index is -0.384. The Hall–Kier alpha value is -2.40. The van der Waals surface area contributed by atoms with Crippen molar-refractivity contribution in [3.63, 3.8) is 0 Å². The Morgan fingerprint density at radius 2 is 1.21 bits per heavy atom. The van der Waals surface area contributed by atoms with Gasteiger partial charge in [-0.2, -0.15) is 0 Å². The first-order valence-electron chi connectivity index (χ1n) is 11.4. The third-order valence-electron chi connectivity index (χ3n) is 4.41. The number of ketones is 2. The minimum Gasteiger partial charge on any atom is -0.463 e. The summed E-state index contributed by atoms with van der Waals surface area (Å²) >= 11 is 0. The number of epoxide rings is 4. The molecule has 192 valence electrons. The van der Waals surface area contributed by atoms with Gasteiger partial charge in [-0.25, -0.2) is 4.79 Å². The highest BCUT2D eigenvalue weighted by atomic mass is 16.6. The molecule has 0 spiro atoms. The van der Waals surface area contributed by atoms with Crippen molar-refractivity contribution in [2.45, 2.75) is 63.9 Å². The first-order chi connectivity index (χ1) is 16.3. The number of carbonyl (C=O) groups is 4. The van der Waals surface area contributed by atoms with Gasteiger partial charge in [-0.05, 0) is 6.08 Å². The van der Waals surface area contributed by atoms with E-state index in [0.717, 1.165) is 25.9 Å². The van der Waals surface area contributed by atoms with Crippen LogP contribution < -0.4 is 0 Å². The van der Waals surface area contributed by atoms with Crippen LogP contribution in [-0.2, 0) is 47.6 Å². The Balaban J connectivity index is 0.000000227. The van der Waals surface area contributed by atoms with Crippen LogP contribution in [0, 0.1) is 0 Å². The van der Waals surface area contributed by atoms with Crippen LogP contribution in [0.15, 0.2) is 25.3 Å². The van der Waals surface area contributed by atoms with Crippen molar-refractivity contribution in [1.82, 2.24) is 0 Å². The molecule has 0 bridgehead atoms.